The van der Waals surface area contributed by atoms with E-state index in [-0.39, 0.29) is 7.75 Å². The number of methoxy groups -OCH3 is 1. The number of hydrogen-bond acceptors (Lipinski definition) is 8. The van der Waals surface area contributed by atoms with Gasteiger partial charge in [0.2, 0.25) is 16.0 Å². The van der Waals surface area contributed by atoms with E-state index in [1.807, 2.05) is 25.1 Å². The summed E-state index contributed by atoms with van der Waals surface area (Å²) in [6.07, 6.45) is 3.51. The highest BCUT2D eigenvalue weighted by Gasteiger charge is 2.19. The van der Waals surface area contributed by atoms with Crippen molar-refractivity contribution in [2.24, 2.45) is 0 Å². The molecule has 0 unspecified atom stereocenters. The van der Waals surface area contributed by atoms with Crippen molar-refractivity contribution in [3.63, 3.8) is 0 Å². The summed E-state index contributed by atoms with van der Waals surface area (Å²) >= 11 is 0. The van der Waals surface area contributed by atoms with Crippen molar-refractivity contribution < 1.29 is 16.0 Å². The Balaban J connectivity index is 0.00000267. The molecule has 0 atom stereocenters. The number of nitrogens with zero attached hydrogens (tertiary/aromatic N) is 5. The predicted octanol–water partition coefficient (Wildman–Crippen LogP) is 3.73. The van der Waals surface area contributed by atoms with Crippen molar-refractivity contribution in [1.82, 2.24) is 24.4 Å². The van der Waals surface area contributed by atoms with Crippen molar-refractivity contribution in [3.05, 3.63) is 66.5 Å². The summed E-state index contributed by atoms with van der Waals surface area (Å²) in [7, 11) is 1.67. The van der Waals surface area contributed by atoms with Gasteiger partial charge in [-0.05, 0) is 56.9 Å². The molecule has 3 aromatic rings. The molecule has 1 saturated heterocycles. The third-order valence-corrected chi connectivity index (χ3v) is 7.76. The average Bonchev–Trinajstić information content (AvgIpc) is 3.32. The molecule has 2 N–H and O–H groups in total. The summed E-state index contributed by atoms with van der Waals surface area (Å²) in [6.45, 7) is 9.68. The van der Waals surface area contributed by atoms with Crippen molar-refractivity contribution in [3.8, 4) is 5.75 Å². The Morgan fingerprint density at radius 3 is 2.43 bits per heavy atom. The van der Waals surface area contributed by atoms with Crippen molar-refractivity contribution in [2.45, 2.75) is 11.8 Å². The molecule has 1 aliphatic rings. The molecular formula is C26H37N7O3S. The van der Waals surface area contributed by atoms with Crippen LogP contribution in [-0.4, -0.2) is 75.5 Å². The number of sulfonamides is 1. The van der Waals surface area contributed by atoms with E-state index in [9.17, 15) is 8.42 Å². The fourth-order valence-corrected chi connectivity index (χ4v) is 4.94. The van der Waals surface area contributed by atoms with Crippen molar-refractivity contribution >= 4 is 39.1 Å². The number of piperazine rings is 1. The van der Waals surface area contributed by atoms with Crippen molar-refractivity contribution in [1.29, 1.82) is 0 Å². The molecule has 1 fully saturated rings. The Kier molecular flexibility index (Phi) is 7.96. The van der Waals surface area contributed by atoms with Gasteiger partial charge in [0.25, 0.3) is 0 Å². The van der Waals surface area contributed by atoms with E-state index in [1.54, 1.807) is 42.1 Å². The van der Waals surface area contributed by atoms with E-state index in [0.717, 1.165) is 54.6 Å². The molecule has 2 aromatic carbocycles. The molecular weight excluding hydrogens is 490 g/mol. The van der Waals surface area contributed by atoms with Crippen LogP contribution in [0, 0.1) is 0 Å². The summed E-state index contributed by atoms with van der Waals surface area (Å²) in [5, 5.41) is 7.92. The second-order valence-corrected chi connectivity index (χ2v) is 10.5. The van der Waals surface area contributed by atoms with Gasteiger partial charge < -0.3 is 19.9 Å². The number of rotatable bonds is 9. The van der Waals surface area contributed by atoms with Crippen LogP contribution in [0.3, 0.4) is 0 Å². The Bertz CT molecular complexity index is 1400. The summed E-state index contributed by atoms with van der Waals surface area (Å²) < 4.78 is 33.9. The average molecular weight is 528 g/mol. The first-order valence-electron chi connectivity index (χ1n) is 12.0. The lowest BCUT2D eigenvalue weighted by Gasteiger charge is -2.34. The van der Waals surface area contributed by atoms with Gasteiger partial charge in [-0.15, -0.1) is 5.10 Å². The highest BCUT2D eigenvalue weighted by Crippen LogP contribution is 2.33. The summed E-state index contributed by atoms with van der Waals surface area (Å²) in [6, 6.07) is 12.6. The maximum Gasteiger partial charge on any atom is 0.247 e. The van der Waals surface area contributed by atoms with Crippen LogP contribution in [0.1, 0.15) is 21.2 Å². The Hall–Kier alpha value is -3.67. The predicted molar refractivity (Wildman–Crippen MR) is 152 cm³/mol. The minimum atomic E-state index is -3.52. The van der Waals surface area contributed by atoms with Gasteiger partial charge in [0, 0.05) is 40.8 Å². The molecule has 1 aliphatic heterocycles. The minimum Gasteiger partial charge on any atom is -0.495 e. The van der Waals surface area contributed by atoms with E-state index in [1.165, 1.54) is 7.05 Å². The van der Waals surface area contributed by atoms with E-state index in [2.05, 4.69) is 49.6 Å². The smallest absolute Gasteiger partial charge is 0.247 e. The van der Waals surface area contributed by atoms with Crippen LogP contribution in [0.15, 0.2) is 60.0 Å². The summed E-state index contributed by atoms with van der Waals surface area (Å²) in [4.78, 5) is 9.42. The van der Waals surface area contributed by atoms with Gasteiger partial charge in [-0.2, -0.15) is 4.98 Å². The zero-order valence-corrected chi connectivity index (χ0v) is 22.4. The fourth-order valence-electron chi connectivity index (χ4n) is 4.21. The lowest BCUT2D eigenvalue weighted by Crippen LogP contribution is -2.44. The van der Waals surface area contributed by atoms with Crippen LogP contribution in [0.4, 0.5) is 17.3 Å². The van der Waals surface area contributed by atoms with Gasteiger partial charge >= 0.3 is 0 Å². The van der Waals surface area contributed by atoms with E-state index in [0.29, 0.717) is 11.8 Å². The van der Waals surface area contributed by atoms with Gasteiger partial charge in [-0.3, -0.25) is 0 Å². The molecule has 10 nitrogen and oxygen atoms in total. The van der Waals surface area contributed by atoms with E-state index >= 15 is 0 Å². The lowest BCUT2D eigenvalue weighted by molar-refractivity contribution is 0.311. The van der Waals surface area contributed by atoms with E-state index < -0.39 is 10.0 Å². The number of allylic oxidation sites excluding steroid dienone is 1. The molecule has 0 radical (unpaired) electrons. The largest absolute Gasteiger partial charge is 0.495 e. The number of benzene rings is 2. The number of hydrogen-bond donors (Lipinski definition) is 2. The Labute approximate surface area is 221 Å². The quantitative estimate of drug-likeness (QED) is 0.434. The van der Waals surface area contributed by atoms with Crippen LogP contribution in [-0.2, 0) is 10.0 Å². The van der Waals surface area contributed by atoms with E-state index in [4.69, 9.17) is 4.74 Å². The molecule has 11 heteroatoms. The highest BCUT2D eigenvalue weighted by molar-refractivity contribution is 7.89. The van der Waals surface area contributed by atoms with Gasteiger partial charge in [0.1, 0.15) is 5.75 Å². The first kappa shape index (κ1) is 26.4. The molecule has 37 heavy (non-hydrogen) atoms. The Morgan fingerprint density at radius 2 is 1.84 bits per heavy atom. The normalized spacial score (nSPS) is 15.0. The van der Waals surface area contributed by atoms with Crippen LogP contribution >= 0.6 is 0 Å². The number of anilines is 3. The second kappa shape index (κ2) is 11.2. The van der Waals surface area contributed by atoms with Gasteiger partial charge in [0.05, 0.1) is 23.4 Å². The topological polar surface area (TPSA) is 105 Å². The standard InChI is InChI=1S/C26H33N7O3S.2H2/c1-6-22(19-8-11-21(12-9-19)37(34,35)27-3)33-25(7-2)29-26(30-33)28-20-10-13-23(24(18-20)36-5)32-16-14-31(4)15-17-32;;/h6-13,18,27H,2,14-17H2,1,3-5H3,(H,28,30);2*1H/b22-6-;;. The molecule has 2 heterocycles. The maximum absolute atomic E-state index is 12.1. The van der Waals surface area contributed by atoms with Gasteiger partial charge in [-0.25, -0.2) is 17.8 Å². The molecule has 4 rings (SSSR count). The number of likely N-dealkylation sites (N-methyl/N-ethyl adjacent to an activating group) is 1. The van der Waals surface area contributed by atoms with Crippen LogP contribution in [0.5, 0.6) is 5.75 Å². The van der Waals surface area contributed by atoms with Crippen molar-refractivity contribution in [2.75, 3.05) is 57.6 Å². The third-order valence-electron chi connectivity index (χ3n) is 6.33. The molecule has 0 spiro atoms. The molecule has 0 bridgehead atoms. The number of aromatic nitrogens is 3. The third kappa shape index (κ3) is 5.68. The molecule has 0 saturated carbocycles. The fraction of sp³-hybridized carbons (Fsp3) is 0.308. The van der Waals surface area contributed by atoms with Gasteiger partial charge in [0.15, 0.2) is 5.82 Å². The summed E-state index contributed by atoms with van der Waals surface area (Å²) in [5.74, 6) is 1.73. The highest BCUT2D eigenvalue weighted by atomic mass is 32.2. The monoisotopic (exact) mass is 527 g/mol. The minimum absolute atomic E-state index is 0. The second-order valence-electron chi connectivity index (χ2n) is 8.62. The zero-order valence-electron chi connectivity index (χ0n) is 21.6. The first-order valence-corrected chi connectivity index (χ1v) is 13.5. The van der Waals surface area contributed by atoms with Gasteiger partial charge in [-0.1, -0.05) is 24.8 Å². The maximum atomic E-state index is 12.1. The lowest BCUT2D eigenvalue weighted by atomic mass is 10.1. The van der Waals surface area contributed by atoms with Crippen LogP contribution < -0.4 is 19.7 Å². The molecule has 0 aliphatic carbocycles. The van der Waals surface area contributed by atoms with Crippen LogP contribution in [0.2, 0.25) is 0 Å². The number of nitrogens with one attached hydrogen (secondary N) is 2. The summed E-state index contributed by atoms with van der Waals surface area (Å²) in [5.41, 5.74) is 3.39. The SMILES string of the molecule is C=Cc1nc(Nc2ccc(N3CCN(C)CC3)c(OC)c2)nn1/C(=C\C)c1ccc(S(=O)(=O)NC)cc1.[HH].[HH]. The zero-order chi connectivity index (χ0) is 26.6. The molecule has 0 amide bonds. The first-order chi connectivity index (χ1) is 17.8. The Morgan fingerprint density at radius 1 is 1.14 bits per heavy atom. The molecule has 200 valence electrons. The number of ether oxygens (including phenoxy) is 1. The van der Waals surface area contributed by atoms with Crippen LogP contribution in [0.25, 0.3) is 11.8 Å². The molecule has 1 aromatic heterocycles.